The van der Waals surface area contributed by atoms with Crippen molar-refractivity contribution >= 4 is 32.7 Å². The van der Waals surface area contributed by atoms with Crippen LogP contribution in [-0.4, -0.2) is 18.2 Å². The van der Waals surface area contributed by atoms with E-state index in [0.29, 0.717) is 21.3 Å². The van der Waals surface area contributed by atoms with Gasteiger partial charge in [-0.25, -0.2) is 4.79 Å². The minimum Gasteiger partial charge on any atom is -0.493 e. The lowest BCUT2D eigenvalue weighted by molar-refractivity contribution is 0.0728. The molecular weight excluding hydrogens is 384 g/mol. The lowest BCUT2D eigenvalue weighted by Crippen LogP contribution is -2.10. The quantitative estimate of drug-likeness (QED) is 0.500. The smallest absolute Gasteiger partial charge is 0.344 e. The van der Waals surface area contributed by atoms with E-state index in [1.54, 1.807) is 31.2 Å². The number of hydrogen-bond donors (Lipinski definition) is 1. The molecule has 0 heterocycles. The number of halogens is 1. The average molecular weight is 401 g/mol. The van der Waals surface area contributed by atoms with Gasteiger partial charge in [-0.3, -0.25) is 0 Å². The van der Waals surface area contributed by atoms with Gasteiger partial charge in [0.1, 0.15) is 0 Å². The van der Waals surface area contributed by atoms with E-state index in [1.807, 2.05) is 30.3 Å². The molecule has 1 N–H and O–H groups in total. The highest BCUT2D eigenvalue weighted by molar-refractivity contribution is 9.10. The van der Waals surface area contributed by atoms with Gasteiger partial charge in [0.2, 0.25) is 0 Å². The molecule has 0 aliphatic heterocycles. The van der Waals surface area contributed by atoms with E-state index in [9.17, 15) is 9.90 Å². The van der Waals surface area contributed by atoms with Gasteiger partial charge in [-0.1, -0.05) is 36.4 Å². The zero-order valence-corrected chi connectivity index (χ0v) is 15.4. The molecular formula is C20H17BrO4. The standard InChI is InChI=1S/C20H17BrO4/c1-12(22)14-8-10-17(24-2)18(11-14)25-20(23)16-9-7-13-5-3-4-6-15(13)19(16)21/h3-12,22H,1-2H3/t12-/m1/s1. The third-order valence-electron chi connectivity index (χ3n) is 3.96. The van der Waals surface area contributed by atoms with E-state index in [1.165, 1.54) is 7.11 Å². The van der Waals surface area contributed by atoms with Crippen molar-refractivity contribution in [3.8, 4) is 11.5 Å². The number of fused-ring (bicyclic) bond motifs is 1. The number of carbonyl (C=O) groups is 1. The Labute approximate surface area is 154 Å². The maximum absolute atomic E-state index is 12.7. The number of aliphatic hydroxyl groups is 1. The highest BCUT2D eigenvalue weighted by atomic mass is 79.9. The first-order valence-corrected chi connectivity index (χ1v) is 8.56. The van der Waals surface area contributed by atoms with Crippen LogP contribution in [0, 0.1) is 0 Å². The van der Waals surface area contributed by atoms with Crippen LogP contribution >= 0.6 is 15.9 Å². The van der Waals surface area contributed by atoms with Gasteiger partial charge < -0.3 is 14.6 Å². The van der Waals surface area contributed by atoms with Gasteiger partial charge in [0, 0.05) is 4.47 Å². The minimum absolute atomic E-state index is 0.269. The maximum Gasteiger partial charge on any atom is 0.344 e. The maximum atomic E-state index is 12.7. The number of rotatable bonds is 4. The van der Waals surface area contributed by atoms with Gasteiger partial charge >= 0.3 is 5.97 Å². The highest BCUT2D eigenvalue weighted by Gasteiger charge is 2.18. The Morgan fingerprint density at radius 3 is 2.56 bits per heavy atom. The van der Waals surface area contributed by atoms with Crippen LogP contribution in [-0.2, 0) is 0 Å². The summed E-state index contributed by atoms with van der Waals surface area (Å²) in [5.41, 5.74) is 1.06. The van der Waals surface area contributed by atoms with Crippen molar-refractivity contribution in [2.75, 3.05) is 7.11 Å². The molecule has 0 aliphatic carbocycles. The Kier molecular flexibility index (Phi) is 5.06. The number of ether oxygens (including phenoxy) is 2. The lowest BCUT2D eigenvalue weighted by Gasteiger charge is -2.13. The molecule has 3 aromatic carbocycles. The molecule has 0 saturated carbocycles. The number of carbonyl (C=O) groups excluding carboxylic acids is 1. The van der Waals surface area contributed by atoms with E-state index in [4.69, 9.17) is 9.47 Å². The Morgan fingerprint density at radius 2 is 1.84 bits per heavy atom. The summed E-state index contributed by atoms with van der Waals surface area (Å²) in [6.07, 6.45) is -0.671. The van der Waals surface area contributed by atoms with Crippen LogP contribution in [0.1, 0.15) is 28.9 Å². The second-order valence-electron chi connectivity index (χ2n) is 5.62. The molecule has 0 spiro atoms. The Hall–Kier alpha value is -2.37. The number of esters is 1. The van der Waals surface area contributed by atoms with Crippen molar-refractivity contribution in [3.63, 3.8) is 0 Å². The molecule has 0 bridgehead atoms. The van der Waals surface area contributed by atoms with Crippen molar-refractivity contribution < 1.29 is 19.4 Å². The predicted molar refractivity (Wildman–Crippen MR) is 100 cm³/mol. The molecule has 0 aliphatic rings. The van der Waals surface area contributed by atoms with Crippen molar-refractivity contribution in [3.05, 3.63) is 70.2 Å². The first kappa shape index (κ1) is 17.5. The molecule has 5 heteroatoms. The van der Waals surface area contributed by atoms with Gasteiger partial charge in [0.15, 0.2) is 11.5 Å². The van der Waals surface area contributed by atoms with Crippen LogP contribution in [0.3, 0.4) is 0 Å². The van der Waals surface area contributed by atoms with Crippen LogP contribution in [0.5, 0.6) is 11.5 Å². The van der Waals surface area contributed by atoms with Crippen LogP contribution < -0.4 is 9.47 Å². The zero-order chi connectivity index (χ0) is 18.0. The molecule has 0 amide bonds. The van der Waals surface area contributed by atoms with Crippen molar-refractivity contribution in [2.45, 2.75) is 13.0 Å². The SMILES string of the molecule is COc1ccc([C@@H](C)O)cc1OC(=O)c1ccc2ccccc2c1Br. The summed E-state index contributed by atoms with van der Waals surface area (Å²) in [4.78, 5) is 12.7. The molecule has 3 rings (SSSR count). The first-order valence-electron chi connectivity index (χ1n) is 7.76. The largest absolute Gasteiger partial charge is 0.493 e. The topological polar surface area (TPSA) is 55.8 Å². The van der Waals surface area contributed by atoms with Gasteiger partial charge in [0.05, 0.1) is 18.8 Å². The fourth-order valence-electron chi connectivity index (χ4n) is 2.58. The Bertz CT molecular complexity index is 934. The van der Waals surface area contributed by atoms with Gasteiger partial charge in [-0.2, -0.15) is 0 Å². The normalized spacial score (nSPS) is 12.0. The van der Waals surface area contributed by atoms with Gasteiger partial charge in [-0.15, -0.1) is 0 Å². The summed E-state index contributed by atoms with van der Waals surface area (Å²) >= 11 is 3.50. The van der Waals surface area contributed by atoms with E-state index >= 15 is 0 Å². The van der Waals surface area contributed by atoms with E-state index in [2.05, 4.69) is 15.9 Å². The monoisotopic (exact) mass is 400 g/mol. The van der Waals surface area contributed by atoms with Gasteiger partial charge in [-0.05, 0) is 57.4 Å². The van der Waals surface area contributed by atoms with E-state index in [0.717, 1.165) is 10.8 Å². The highest BCUT2D eigenvalue weighted by Crippen LogP contribution is 2.33. The zero-order valence-electron chi connectivity index (χ0n) is 13.8. The van der Waals surface area contributed by atoms with Crippen LogP contribution in [0.15, 0.2) is 59.1 Å². The summed E-state index contributed by atoms with van der Waals surface area (Å²) in [6, 6.07) is 16.4. The molecule has 0 saturated heterocycles. The second-order valence-corrected chi connectivity index (χ2v) is 6.42. The number of hydrogen-bond acceptors (Lipinski definition) is 4. The molecule has 0 unspecified atom stereocenters. The van der Waals surface area contributed by atoms with Crippen molar-refractivity contribution in [2.24, 2.45) is 0 Å². The molecule has 25 heavy (non-hydrogen) atoms. The third-order valence-corrected chi connectivity index (χ3v) is 4.81. The van der Waals surface area contributed by atoms with Crippen molar-refractivity contribution in [1.29, 1.82) is 0 Å². The molecule has 0 radical (unpaired) electrons. The predicted octanol–water partition coefficient (Wildman–Crippen LogP) is 4.88. The first-order chi connectivity index (χ1) is 12.0. The summed E-state index contributed by atoms with van der Waals surface area (Å²) in [5.74, 6) is 0.194. The molecule has 0 fully saturated rings. The molecule has 0 aromatic heterocycles. The molecule has 128 valence electrons. The van der Waals surface area contributed by atoms with Crippen LogP contribution in [0.4, 0.5) is 0 Å². The summed E-state index contributed by atoms with van der Waals surface area (Å²) < 4.78 is 11.5. The Morgan fingerprint density at radius 1 is 1.08 bits per heavy atom. The summed E-state index contributed by atoms with van der Waals surface area (Å²) in [7, 11) is 1.50. The number of benzene rings is 3. The molecule has 1 atom stereocenters. The van der Waals surface area contributed by atoms with E-state index in [-0.39, 0.29) is 5.75 Å². The number of aliphatic hydroxyl groups excluding tert-OH is 1. The fraction of sp³-hybridized carbons (Fsp3) is 0.150. The van der Waals surface area contributed by atoms with Crippen LogP contribution in [0.2, 0.25) is 0 Å². The molecule has 4 nitrogen and oxygen atoms in total. The second kappa shape index (κ2) is 7.25. The summed E-state index contributed by atoms with van der Waals surface area (Å²) in [6.45, 7) is 1.65. The van der Waals surface area contributed by atoms with Crippen LogP contribution in [0.25, 0.3) is 10.8 Å². The summed E-state index contributed by atoms with van der Waals surface area (Å²) in [5, 5.41) is 11.7. The third kappa shape index (κ3) is 3.52. The number of methoxy groups -OCH3 is 1. The lowest BCUT2D eigenvalue weighted by atomic mass is 10.1. The Balaban J connectivity index is 1.97. The average Bonchev–Trinajstić information content (AvgIpc) is 2.62. The minimum atomic E-state index is -0.671. The van der Waals surface area contributed by atoms with E-state index < -0.39 is 12.1 Å². The molecule has 3 aromatic rings. The van der Waals surface area contributed by atoms with Crippen molar-refractivity contribution in [1.82, 2.24) is 0 Å². The fourth-order valence-corrected chi connectivity index (χ4v) is 3.23. The van der Waals surface area contributed by atoms with Gasteiger partial charge in [0.25, 0.3) is 0 Å².